The molecule has 0 spiro atoms. The lowest BCUT2D eigenvalue weighted by Crippen LogP contribution is -2.37. The first kappa shape index (κ1) is 19.8. The number of carbonyl (C=O) groups is 1. The van der Waals surface area contributed by atoms with E-state index in [1.807, 2.05) is 24.3 Å². The van der Waals surface area contributed by atoms with Crippen molar-refractivity contribution in [2.75, 3.05) is 11.9 Å². The molecule has 3 N–H and O–H groups in total. The Morgan fingerprint density at radius 2 is 2.00 bits per heavy atom. The van der Waals surface area contributed by atoms with Gasteiger partial charge in [0.1, 0.15) is 6.10 Å². The zero-order chi connectivity index (χ0) is 18.6. The summed E-state index contributed by atoms with van der Waals surface area (Å²) in [6.07, 6.45) is 2.95. The average molecular weight is 347 g/mol. The van der Waals surface area contributed by atoms with Gasteiger partial charge in [-0.05, 0) is 42.2 Å². The van der Waals surface area contributed by atoms with E-state index >= 15 is 0 Å². The van der Waals surface area contributed by atoms with Crippen molar-refractivity contribution < 1.29 is 9.53 Å². The highest BCUT2D eigenvalue weighted by Gasteiger charge is 2.33. The van der Waals surface area contributed by atoms with Crippen molar-refractivity contribution in [3.8, 4) is 0 Å². The number of hydrogen-bond donors (Lipinski definition) is 2. The largest absolute Gasteiger partial charge is 0.446 e. The fourth-order valence-corrected chi connectivity index (χ4v) is 3.82. The number of para-hydroxylation sites is 1. The molecular formula is C21H34N2O2. The molecule has 1 saturated carbocycles. The molecule has 1 amide bonds. The summed E-state index contributed by atoms with van der Waals surface area (Å²) in [6, 6.07) is 7.83. The summed E-state index contributed by atoms with van der Waals surface area (Å²) in [5.41, 5.74) is 7.52. The molecule has 1 aliphatic carbocycles. The third-order valence-corrected chi connectivity index (χ3v) is 5.62. The number of rotatable bonds is 5. The number of benzene rings is 1. The van der Waals surface area contributed by atoms with E-state index in [1.54, 1.807) is 0 Å². The topological polar surface area (TPSA) is 64.3 Å². The van der Waals surface area contributed by atoms with Crippen LogP contribution in [0.3, 0.4) is 0 Å². The first-order valence-corrected chi connectivity index (χ1v) is 9.51. The normalized spacial score (nSPS) is 24.2. The number of carbonyl (C=O) groups excluding carboxylic acids is 1. The van der Waals surface area contributed by atoms with Gasteiger partial charge in [-0.1, -0.05) is 59.2 Å². The highest BCUT2D eigenvalue weighted by atomic mass is 16.6. The van der Waals surface area contributed by atoms with Crippen LogP contribution in [0.2, 0.25) is 0 Å². The molecule has 1 aliphatic rings. The van der Waals surface area contributed by atoms with E-state index in [0.29, 0.717) is 24.3 Å². The van der Waals surface area contributed by atoms with E-state index in [2.05, 4.69) is 39.9 Å². The van der Waals surface area contributed by atoms with Crippen LogP contribution < -0.4 is 11.1 Å². The molecule has 25 heavy (non-hydrogen) atoms. The highest BCUT2D eigenvalue weighted by molar-refractivity contribution is 5.86. The number of amides is 1. The van der Waals surface area contributed by atoms with Gasteiger partial charge in [0, 0.05) is 17.6 Å². The van der Waals surface area contributed by atoms with Gasteiger partial charge < -0.3 is 10.5 Å². The molecule has 4 nitrogen and oxygen atoms in total. The van der Waals surface area contributed by atoms with E-state index in [1.165, 1.54) is 6.42 Å². The van der Waals surface area contributed by atoms with Gasteiger partial charge in [-0.3, -0.25) is 5.32 Å². The summed E-state index contributed by atoms with van der Waals surface area (Å²) < 4.78 is 5.86. The van der Waals surface area contributed by atoms with Gasteiger partial charge in [0.15, 0.2) is 0 Å². The minimum Gasteiger partial charge on any atom is -0.446 e. The Bertz CT molecular complexity index is 583. The van der Waals surface area contributed by atoms with Gasteiger partial charge in [-0.2, -0.15) is 0 Å². The SMILES string of the molecule is CC1CCC(C(C)C)C(OC(=O)Nc2ccccc2C(C)(C)CN)C1. The van der Waals surface area contributed by atoms with E-state index in [-0.39, 0.29) is 17.6 Å². The van der Waals surface area contributed by atoms with Crippen LogP contribution in [0.4, 0.5) is 10.5 Å². The van der Waals surface area contributed by atoms with Crippen LogP contribution in [-0.2, 0) is 10.2 Å². The average Bonchev–Trinajstić information content (AvgIpc) is 2.54. The van der Waals surface area contributed by atoms with E-state index < -0.39 is 0 Å². The molecule has 1 aromatic carbocycles. The van der Waals surface area contributed by atoms with Gasteiger partial charge in [0.2, 0.25) is 0 Å². The second kappa shape index (κ2) is 8.22. The zero-order valence-corrected chi connectivity index (χ0v) is 16.3. The number of anilines is 1. The molecule has 1 aromatic rings. The Morgan fingerprint density at radius 3 is 2.64 bits per heavy atom. The summed E-state index contributed by atoms with van der Waals surface area (Å²) in [7, 11) is 0. The second-order valence-electron chi connectivity index (χ2n) is 8.53. The lowest BCUT2D eigenvalue weighted by atomic mass is 9.75. The number of nitrogens with two attached hydrogens (primary N) is 1. The predicted molar refractivity (Wildman–Crippen MR) is 104 cm³/mol. The molecule has 0 aliphatic heterocycles. The van der Waals surface area contributed by atoms with Gasteiger partial charge in [0.25, 0.3) is 0 Å². The summed E-state index contributed by atoms with van der Waals surface area (Å²) in [5.74, 6) is 1.57. The van der Waals surface area contributed by atoms with Crippen LogP contribution in [0, 0.1) is 17.8 Å². The minimum atomic E-state index is -0.356. The maximum absolute atomic E-state index is 12.6. The molecule has 3 atom stereocenters. The predicted octanol–water partition coefficient (Wildman–Crippen LogP) is 4.93. The van der Waals surface area contributed by atoms with Crippen LogP contribution in [0.1, 0.15) is 59.4 Å². The van der Waals surface area contributed by atoms with Crippen molar-refractivity contribution in [1.82, 2.24) is 0 Å². The van der Waals surface area contributed by atoms with Crippen LogP contribution >= 0.6 is 0 Å². The van der Waals surface area contributed by atoms with Crippen LogP contribution in [0.15, 0.2) is 24.3 Å². The molecule has 2 rings (SSSR count). The van der Waals surface area contributed by atoms with Crippen molar-refractivity contribution >= 4 is 11.8 Å². The Labute approximate surface area is 152 Å². The summed E-state index contributed by atoms with van der Waals surface area (Å²) >= 11 is 0. The summed E-state index contributed by atoms with van der Waals surface area (Å²) in [6.45, 7) is 11.3. The molecule has 0 bridgehead atoms. The van der Waals surface area contributed by atoms with Crippen molar-refractivity contribution in [3.63, 3.8) is 0 Å². The van der Waals surface area contributed by atoms with Gasteiger partial charge >= 0.3 is 6.09 Å². The number of ether oxygens (including phenoxy) is 1. The quantitative estimate of drug-likeness (QED) is 0.794. The van der Waals surface area contributed by atoms with Crippen LogP contribution in [0.5, 0.6) is 0 Å². The number of hydrogen-bond acceptors (Lipinski definition) is 3. The molecule has 140 valence electrons. The van der Waals surface area contributed by atoms with Gasteiger partial charge in [-0.15, -0.1) is 0 Å². The van der Waals surface area contributed by atoms with Crippen molar-refractivity contribution in [2.24, 2.45) is 23.5 Å². The first-order chi connectivity index (χ1) is 11.7. The Hall–Kier alpha value is -1.55. The second-order valence-corrected chi connectivity index (χ2v) is 8.53. The fraction of sp³-hybridized carbons (Fsp3) is 0.667. The molecule has 3 unspecified atom stereocenters. The third kappa shape index (κ3) is 4.97. The summed E-state index contributed by atoms with van der Waals surface area (Å²) in [4.78, 5) is 12.6. The van der Waals surface area contributed by atoms with Crippen molar-refractivity contribution in [2.45, 2.75) is 65.4 Å². The highest BCUT2D eigenvalue weighted by Crippen LogP contribution is 2.36. The first-order valence-electron chi connectivity index (χ1n) is 9.51. The lowest BCUT2D eigenvalue weighted by Gasteiger charge is -2.36. The molecule has 4 heteroatoms. The molecule has 0 radical (unpaired) electrons. The third-order valence-electron chi connectivity index (χ3n) is 5.62. The van der Waals surface area contributed by atoms with Crippen LogP contribution in [0.25, 0.3) is 0 Å². The van der Waals surface area contributed by atoms with Gasteiger partial charge in [-0.25, -0.2) is 4.79 Å². The Morgan fingerprint density at radius 1 is 1.32 bits per heavy atom. The fourth-order valence-electron chi connectivity index (χ4n) is 3.82. The maximum atomic E-state index is 12.6. The van der Waals surface area contributed by atoms with E-state index in [0.717, 1.165) is 24.1 Å². The van der Waals surface area contributed by atoms with Crippen molar-refractivity contribution in [3.05, 3.63) is 29.8 Å². The van der Waals surface area contributed by atoms with Crippen molar-refractivity contribution in [1.29, 1.82) is 0 Å². The molecule has 0 saturated heterocycles. The monoisotopic (exact) mass is 346 g/mol. The molecule has 1 fully saturated rings. The molecule has 0 heterocycles. The summed E-state index contributed by atoms with van der Waals surface area (Å²) in [5, 5.41) is 2.96. The van der Waals surface area contributed by atoms with Gasteiger partial charge in [0.05, 0.1) is 0 Å². The number of nitrogens with one attached hydrogen (secondary N) is 1. The molecule has 0 aromatic heterocycles. The maximum Gasteiger partial charge on any atom is 0.411 e. The van der Waals surface area contributed by atoms with Crippen LogP contribution in [-0.4, -0.2) is 18.7 Å². The standard InChI is InChI=1S/C21H34N2O2/c1-14(2)16-11-10-15(3)12-19(16)25-20(24)23-18-9-7-6-8-17(18)21(4,5)13-22/h6-9,14-16,19H,10-13,22H2,1-5H3,(H,23,24). The minimum absolute atomic E-state index is 0.00145. The van der Waals surface area contributed by atoms with E-state index in [4.69, 9.17) is 10.5 Å². The zero-order valence-electron chi connectivity index (χ0n) is 16.3. The Kier molecular flexibility index (Phi) is 6.50. The smallest absolute Gasteiger partial charge is 0.411 e. The Balaban J connectivity index is 2.10. The van der Waals surface area contributed by atoms with E-state index in [9.17, 15) is 4.79 Å². The molecular weight excluding hydrogens is 312 g/mol. The lowest BCUT2D eigenvalue weighted by molar-refractivity contribution is 0.0126.